The van der Waals surface area contributed by atoms with E-state index in [1.807, 2.05) is 0 Å². The molecule has 2 heterocycles. The average molecular weight is 317 g/mol. The van der Waals surface area contributed by atoms with Crippen molar-refractivity contribution in [2.24, 2.45) is 5.73 Å². The van der Waals surface area contributed by atoms with Gasteiger partial charge in [-0.3, -0.25) is 4.90 Å². The van der Waals surface area contributed by atoms with Crippen molar-refractivity contribution in [3.05, 3.63) is 17.0 Å². The number of thiophene rings is 1. The van der Waals surface area contributed by atoms with E-state index in [0.29, 0.717) is 23.3 Å². The maximum atomic E-state index is 12.5. The smallest absolute Gasteiger partial charge is 0.252 e. The van der Waals surface area contributed by atoms with E-state index < -0.39 is 10.0 Å². The first-order chi connectivity index (χ1) is 9.48. The molecule has 1 aliphatic heterocycles. The number of nitrogens with zero attached hydrogens (tertiary/aromatic N) is 2. The first-order valence-corrected chi connectivity index (χ1v) is 9.24. The Morgan fingerprint density at radius 2 is 2.25 bits per heavy atom. The highest BCUT2D eigenvalue weighted by atomic mass is 32.2. The van der Waals surface area contributed by atoms with Crippen molar-refractivity contribution in [3.63, 3.8) is 0 Å². The number of sulfonamides is 1. The molecule has 1 aromatic heterocycles. The summed E-state index contributed by atoms with van der Waals surface area (Å²) in [6.07, 6.45) is 2.23. The molecule has 0 amide bonds. The quantitative estimate of drug-likeness (QED) is 0.859. The second-order valence-corrected chi connectivity index (χ2v) is 8.58. The van der Waals surface area contributed by atoms with Crippen LogP contribution >= 0.6 is 11.3 Å². The Morgan fingerprint density at radius 1 is 1.50 bits per heavy atom. The second kappa shape index (κ2) is 6.53. The minimum atomic E-state index is -3.38. The van der Waals surface area contributed by atoms with Gasteiger partial charge in [0.1, 0.15) is 4.21 Å². The van der Waals surface area contributed by atoms with Crippen LogP contribution in [0.15, 0.2) is 16.3 Å². The first-order valence-electron chi connectivity index (χ1n) is 6.98. The number of hydrogen-bond donors (Lipinski definition) is 1. The average Bonchev–Trinajstić information content (AvgIpc) is 3.07. The topological polar surface area (TPSA) is 66.6 Å². The fourth-order valence-corrected chi connectivity index (χ4v) is 5.33. The van der Waals surface area contributed by atoms with Gasteiger partial charge in [-0.1, -0.05) is 6.92 Å². The lowest BCUT2D eigenvalue weighted by Gasteiger charge is -2.27. The molecule has 1 unspecified atom stereocenters. The van der Waals surface area contributed by atoms with Crippen LogP contribution in [0.3, 0.4) is 0 Å². The van der Waals surface area contributed by atoms with E-state index in [4.69, 9.17) is 5.73 Å². The summed E-state index contributed by atoms with van der Waals surface area (Å²) in [5.41, 5.74) is 5.55. The Kier molecular flexibility index (Phi) is 5.19. The number of likely N-dealkylation sites (tertiary alicyclic amines) is 1. The maximum absolute atomic E-state index is 12.5. The maximum Gasteiger partial charge on any atom is 0.252 e. The predicted octanol–water partition coefficient (Wildman–Crippen LogP) is 1.31. The Hall–Kier alpha value is -0.470. The van der Waals surface area contributed by atoms with Gasteiger partial charge in [-0.15, -0.1) is 11.3 Å². The summed E-state index contributed by atoms with van der Waals surface area (Å²) in [4.78, 5) is 3.25. The van der Waals surface area contributed by atoms with E-state index in [9.17, 15) is 8.42 Å². The summed E-state index contributed by atoms with van der Waals surface area (Å²) in [6.45, 7) is 5.13. The minimum absolute atomic E-state index is 0.341. The van der Waals surface area contributed by atoms with Crippen molar-refractivity contribution in [1.82, 2.24) is 9.21 Å². The zero-order valence-corrected chi connectivity index (χ0v) is 13.7. The molecule has 114 valence electrons. The van der Waals surface area contributed by atoms with Gasteiger partial charge < -0.3 is 5.73 Å². The molecule has 0 spiro atoms. The SMILES string of the molecule is CCN1CCCC1CN(C)S(=O)(=O)c1ccc(CN)s1. The highest BCUT2D eigenvalue weighted by Gasteiger charge is 2.29. The molecule has 7 heteroatoms. The molecule has 1 fully saturated rings. The van der Waals surface area contributed by atoms with Crippen LogP contribution < -0.4 is 5.73 Å². The second-order valence-electron chi connectivity index (χ2n) is 5.14. The fourth-order valence-electron chi connectivity index (χ4n) is 2.67. The van der Waals surface area contributed by atoms with E-state index in [-0.39, 0.29) is 0 Å². The first kappa shape index (κ1) is 15.9. The summed E-state index contributed by atoms with van der Waals surface area (Å²) in [6, 6.07) is 3.79. The number of hydrogen-bond acceptors (Lipinski definition) is 5. The van der Waals surface area contributed by atoms with Crippen LogP contribution in [0.5, 0.6) is 0 Å². The van der Waals surface area contributed by atoms with Crippen LogP contribution in [0.25, 0.3) is 0 Å². The normalized spacial score (nSPS) is 20.9. The largest absolute Gasteiger partial charge is 0.326 e. The lowest BCUT2D eigenvalue weighted by Crippen LogP contribution is -2.40. The van der Waals surface area contributed by atoms with Crippen molar-refractivity contribution in [3.8, 4) is 0 Å². The number of nitrogens with two attached hydrogens (primary N) is 1. The molecule has 20 heavy (non-hydrogen) atoms. The lowest BCUT2D eigenvalue weighted by atomic mass is 10.2. The number of likely N-dealkylation sites (N-methyl/N-ethyl adjacent to an activating group) is 2. The zero-order chi connectivity index (χ0) is 14.8. The van der Waals surface area contributed by atoms with Gasteiger partial charge >= 0.3 is 0 Å². The van der Waals surface area contributed by atoms with E-state index >= 15 is 0 Å². The van der Waals surface area contributed by atoms with Gasteiger partial charge in [0.05, 0.1) is 0 Å². The molecule has 1 aliphatic rings. The summed E-state index contributed by atoms with van der Waals surface area (Å²) in [5, 5.41) is 0. The van der Waals surface area contributed by atoms with Crippen LogP contribution in [0.2, 0.25) is 0 Å². The monoisotopic (exact) mass is 317 g/mol. The lowest BCUT2D eigenvalue weighted by molar-refractivity contribution is 0.238. The van der Waals surface area contributed by atoms with Crippen LogP contribution in [0, 0.1) is 0 Å². The highest BCUT2D eigenvalue weighted by molar-refractivity contribution is 7.91. The Morgan fingerprint density at radius 3 is 2.85 bits per heavy atom. The Labute approximate surface area is 125 Å². The third-order valence-corrected chi connectivity index (χ3v) is 7.27. The summed E-state index contributed by atoms with van der Waals surface area (Å²) in [5.74, 6) is 0. The van der Waals surface area contributed by atoms with Gasteiger partial charge in [-0.2, -0.15) is 4.31 Å². The minimum Gasteiger partial charge on any atom is -0.326 e. The molecule has 2 N–H and O–H groups in total. The molecule has 0 bridgehead atoms. The van der Waals surface area contributed by atoms with E-state index in [1.165, 1.54) is 15.6 Å². The molecule has 0 aromatic carbocycles. The van der Waals surface area contributed by atoms with Crippen LogP contribution in [-0.2, 0) is 16.6 Å². The predicted molar refractivity (Wildman–Crippen MR) is 82.3 cm³/mol. The third-order valence-electron chi connectivity index (χ3n) is 3.88. The zero-order valence-electron chi connectivity index (χ0n) is 12.1. The molecule has 0 radical (unpaired) electrons. The van der Waals surface area contributed by atoms with Crippen molar-refractivity contribution in [2.45, 2.75) is 36.6 Å². The van der Waals surface area contributed by atoms with Crippen molar-refractivity contribution >= 4 is 21.4 Å². The van der Waals surface area contributed by atoms with Gasteiger partial charge in [0.2, 0.25) is 0 Å². The van der Waals surface area contributed by atoms with E-state index in [2.05, 4.69) is 11.8 Å². The van der Waals surface area contributed by atoms with Crippen LogP contribution in [0.1, 0.15) is 24.6 Å². The Bertz CT molecular complexity index is 542. The van der Waals surface area contributed by atoms with E-state index in [0.717, 1.165) is 30.8 Å². The van der Waals surface area contributed by atoms with Gasteiger partial charge in [0.15, 0.2) is 0 Å². The summed E-state index contributed by atoms with van der Waals surface area (Å²) >= 11 is 1.26. The van der Waals surface area contributed by atoms with Gasteiger partial charge in [0, 0.05) is 31.1 Å². The molecule has 1 aromatic rings. The van der Waals surface area contributed by atoms with Crippen molar-refractivity contribution < 1.29 is 8.42 Å². The van der Waals surface area contributed by atoms with Gasteiger partial charge in [0.25, 0.3) is 10.0 Å². The van der Waals surface area contributed by atoms with Crippen molar-refractivity contribution in [2.75, 3.05) is 26.7 Å². The van der Waals surface area contributed by atoms with Gasteiger partial charge in [-0.25, -0.2) is 8.42 Å². The van der Waals surface area contributed by atoms with E-state index in [1.54, 1.807) is 19.2 Å². The molecule has 0 saturated carbocycles. The van der Waals surface area contributed by atoms with Gasteiger partial charge in [-0.05, 0) is 38.1 Å². The van der Waals surface area contributed by atoms with Crippen LogP contribution in [-0.4, -0.2) is 50.3 Å². The standard InChI is InChI=1S/C13H23N3O2S2/c1-3-16-8-4-5-11(16)10-15(2)20(17,18)13-7-6-12(9-14)19-13/h6-7,11H,3-5,8-10,14H2,1-2H3. The molecule has 1 saturated heterocycles. The summed E-state index contributed by atoms with van der Waals surface area (Å²) < 4.78 is 26.9. The molecule has 1 atom stereocenters. The molecule has 5 nitrogen and oxygen atoms in total. The Balaban J connectivity index is 2.09. The molecule has 2 rings (SSSR count). The van der Waals surface area contributed by atoms with Crippen molar-refractivity contribution in [1.29, 1.82) is 0 Å². The molecular weight excluding hydrogens is 294 g/mol. The third kappa shape index (κ3) is 3.23. The molecule has 0 aliphatic carbocycles. The van der Waals surface area contributed by atoms with Crippen LogP contribution in [0.4, 0.5) is 0 Å². The fraction of sp³-hybridized carbons (Fsp3) is 0.692. The highest BCUT2D eigenvalue weighted by Crippen LogP contribution is 2.25. The molecular formula is C13H23N3O2S2. The number of rotatable bonds is 6. The summed E-state index contributed by atoms with van der Waals surface area (Å²) in [7, 11) is -1.71.